The number of hydrogen-bond donors (Lipinski definition) is 0. The van der Waals surface area contributed by atoms with E-state index in [-0.39, 0.29) is 0 Å². The van der Waals surface area contributed by atoms with Crippen LogP contribution in [0.4, 0.5) is 0 Å². The normalized spacial score (nSPS) is 12.1. The Labute approximate surface area is 310 Å². The summed E-state index contributed by atoms with van der Waals surface area (Å²) in [5, 5.41) is 14.0. The zero-order chi connectivity index (χ0) is 35.3. The van der Waals surface area contributed by atoms with Crippen molar-refractivity contribution in [2.24, 2.45) is 0 Å². The largest absolute Gasteiger partial charge is 0.455 e. The molecule has 0 saturated heterocycles. The lowest BCUT2D eigenvalue weighted by Crippen LogP contribution is -1.91. The van der Waals surface area contributed by atoms with Crippen molar-refractivity contribution in [2.75, 3.05) is 0 Å². The van der Waals surface area contributed by atoms with Gasteiger partial charge >= 0.3 is 0 Å². The third-order valence-corrected chi connectivity index (χ3v) is 11.4. The highest BCUT2D eigenvalue weighted by molar-refractivity contribution is 6.28. The topological polar surface area (TPSA) is 26.3 Å². The van der Waals surface area contributed by atoms with Gasteiger partial charge in [0.05, 0.1) is 5.39 Å². The maximum atomic E-state index is 6.73. The SMILES string of the molecule is c1ccc(-c2c3ccccc3c(-c3ccc4cc(-c5cc6oc7c8ccccc8ccc7c6c6oc7ccccc7c56)ccc4c3)c3ccccc23)cc1. The molecule has 0 amide bonds. The Morgan fingerprint density at radius 3 is 1.54 bits per heavy atom. The van der Waals surface area contributed by atoms with E-state index in [0.29, 0.717) is 0 Å². The van der Waals surface area contributed by atoms with Crippen molar-refractivity contribution >= 4 is 87.0 Å². The number of furan rings is 2. The van der Waals surface area contributed by atoms with Crippen LogP contribution in [-0.4, -0.2) is 0 Å². The van der Waals surface area contributed by atoms with Crippen LogP contribution in [0.25, 0.3) is 120 Å². The molecule has 0 unspecified atom stereocenters. The first-order chi connectivity index (χ1) is 26.8. The summed E-state index contributed by atoms with van der Waals surface area (Å²) in [4.78, 5) is 0. The van der Waals surface area contributed by atoms with Gasteiger partial charge in [-0.2, -0.15) is 0 Å². The fourth-order valence-electron chi connectivity index (χ4n) is 9.02. The Balaban J connectivity index is 1.08. The van der Waals surface area contributed by atoms with Crippen molar-refractivity contribution in [3.63, 3.8) is 0 Å². The molecule has 2 heteroatoms. The smallest absolute Gasteiger partial charge is 0.147 e. The molecule has 0 fully saturated rings. The molecule has 0 saturated carbocycles. The maximum Gasteiger partial charge on any atom is 0.147 e. The van der Waals surface area contributed by atoms with Crippen LogP contribution in [0.3, 0.4) is 0 Å². The van der Waals surface area contributed by atoms with E-state index in [1.54, 1.807) is 0 Å². The highest BCUT2D eigenvalue weighted by Crippen LogP contribution is 2.47. The molecule has 0 aliphatic carbocycles. The molecule has 10 aromatic carbocycles. The molecular weight excluding hydrogens is 657 g/mol. The molecule has 0 N–H and O–H groups in total. The molecule has 0 atom stereocenters. The van der Waals surface area contributed by atoms with Gasteiger partial charge in [-0.05, 0) is 101 Å². The van der Waals surface area contributed by atoms with Crippen molar-refractivity contribution in [1.82, 2.24) is 0 Å². The Bertz CT molecular complexity index is 3430. The summed E-state index contributed by atoms with van der Waals surface area (Å²) in [5.74, 6) is 0. The van der Waals surface area contributed by atoms with Crippen LogP contribution in [0.2, 0.25) is 0 Å². The Morgan fingerprint density at radius 2 is 0.815 bits per heavy atom. The summed E-state index contributed by atoms with van der Waals surface area (Å²) in [7, 11) is 0. The Hall–Kier alpha value is -7.16. The predicted octanol–water partition coefficient (Wildman–Crippen LogP) is 15.1. The minimum atomic E-state index is 0.830. The molecular formula is C52H30O2. The highest BCUT2D eigenvalue weighted by Gasteiger charge is 2.22. The fourth-order valence-corrected chi connectivity index (χ4v) is 9.02. The van der Waals surface area contributed by atoms with Crippen molar-refractivity contribution in [3.8, 4) is 33.4 Å². The van der Waals surface area contributed by atoms with E-state index in [4.69, 9.17) is 8.83 Å². The molecule has 54 heavy (non-hydrogen) atoms. The number of benzene rings is 10. The van der Waals surface area contributed by atoms with Crippen LogP contribution in [0.1, 0.15) is 0 Å². The summed E-state index contributed by atoms with van der Waals surface area (Å²) in [5.41, 5.74) is 10.7. The average molecular weight is 687 g/mol. The second kappa shape index (κ2) is 11.2. The molecule has 2 heterocycles. The van der Waals surface area contributed by atoms with E-state index < -0.39 is 0 Å². The van der Waals surface area contributed by atoms with Crippen LogP contribution in [0.5, 0.6) is 0 Å². The van der Waals surface area contributed by atoms with Crippen molar-refractivity contribution in [3.05, 3.63) is 182 Å². The van der Waals surface area contributed by atoms with Crippen LogP contribution >= 0.6 is 0 Å². The molecule has 0 radical (unpaired) electrons. The lowest BCUT2D eigenvalue weighted by atomic mass is 9.85. The molecule has 250 valence electrons. The van der Waals surface area contributed by atoms with Crippen molar-refractivity contribution < 1.29 is 8.83 Å². The summed E-state index contributed by atoms with van der Waals surface area (Å²) in [6, 6.07) is 65.6. The zero-order valence-corrected chi connectivity index (χ0v) is 29.1. The third-order valence-electron chi connectivity index (χ3n) is 11.4. The average Bonchev–Trinajstić information content (AvgIpc) is 3.81. The van der Waals surface area contributed by atoms with Gasteiger partial charge in [-0.25, -0.2) is 0 Å². The number of rotatable bonds is 3. The quantitative estimate of drug-likeness (QED) is 0.173. The van der Waals surface area contributed by atoms with Crippen LogP contribution in [-0.2, 0) is 0 Å². The summed E-state index contributed by atoms with van der Waals surface area (Å²) < 4.78 is 13.4. The van der Waals surface area contributed by atoms with E-state index >= 15 is 0 Å². The fraction of sp³-hybridized carbons (Fsp3) is 0. The van der Waals surface area contributed by atoms with Gasteiger partial charge in [0.25, 0.3) is 0 Å². The number of fused-ring (bicyclic) bond motifs is 12. The first-order valence-corrected chi connectivity index (χ1v) is 18.5. The minimum Gasteiger partial charge on any atom is -0.455 e. The van der Waals surface area contributed by atoms with Gasteiger partial charge in [0.1, 0.15) is 22.3 Å². The molecule has 0 spiro atoms. The molecule has 0 aliphatic heterocycles. The first-order valence-electron chi connectivity index (χ1n) is 18.5. The molecule has 12 aromatic rings. The standard InChI is InChI=1S/C52H30O2/c1-2-13-32(14-3-1)47-38-16-6-8-18-40(38)48(41-19-9-7-17-39(41)47)36-25-23-33-28-35(24-22-34(33)29-36)44-30-46-50(52-49(44)42-20-10-11-21-45(42)53-52)43-27-26-31-12-4-5-15-37(31)51(43)54-46/h1-30H. The number of para-hydroxylation sites is 1. The molecule has 0 bridgehead atoms. The van der Waals surface area contributed by atoms with E-state index in [9.17, 15) is 0 Å². The van der Waals surface area contributed by atoms with Crippen LogP contribution < -0.4 is 0 Å². The van der Waals surface area contributed by atoms with E-state index in [1.165, 1.54) is 54.6 Å². The Morgan fingerprint density at radius 1 is 0.278 bits per heavy atom. The first kappa shape index (κ1) is 29.4. The van der Waals surface area contributed by atoms with Gasteiger partial charge in [-0.3, -0.25) is 0 Å². The minimum absolute atomic E-state index is 0.830. The van der Waals surface area contributed by atoms with Gasteiger partial charge in [0, 0.05) is 21.5 Å². The van der Waals surface area contributed by atoms with Crippen LogP contribution in [0, 0.1) is 0 Å². The van der Waals surface area contributed by atoms with Crippen molar-refractivity contribution in [2.45, 2.75) is 0 Å². The second-order valence-electron chi connectivity index (χ2n) is 14.3. The Kier molecular flexibility index (Phi) is 6.09. The lowest BCUT2D eigenvalue weighted by Gasteiger charge is -2.18. The van der Waals surface area contributed by atoms with E-state index in [2.05, 4.69) is 176 Å². The van der Waals surface area contributed by atoms with Gasteiger partial charge < -0.3 is 8.83 Å². The predicted molar refractivity (Wildman–Crippen MR) is 227 cm³/mol. The summed E-state index contributed by atoms with van der Waals surface area (Å²) in [6.45, 7) is 0. The number of hydrogen-bond acceptors (Lipinski definition) is 2. The van der Waals surface area contributed by atoms with Gasteiger partial charge in [0.15, 0.2) is 0 Å². The maximum absolute atomic E-state index is 6.73. The molecule has 12 rings (SSSR count). The van der Waals surface area contributed by atoms with Crippen LogP contribution in [0.15, 0.2) is 191 Å². The highest BCUT2D eigenvalue weighted by atomic mass is 16.3. The van der Waals surface area contributed by atoms with Gasteiger partial charge in [0.2, 0.25) is 0 Å². The molecule has 2 nitrogen and oxygen atoms in total. The summed E-state index contributed by atoms with van der Waals surface area (Å²) in [6.07, 6.45) is 0. The molecule has 0 aliphatic rings. The van der Waals surface area contributed by atoms with Gasteiger partial charge in [-0.15, -0.1) is 0 Å². The monoisotopic (exact) mass is 686 g/mol. The van der Waals surface area contributed by atoms with E-state index in [0.717, 1.165) is 65.8 Å². The summed E-state index contributed by atoms with van der Waals surface area (Å²) >= 11 is 0. The second-order valence-corrected chi connectivity index (χ2v) is 14.3. The van der Waals surface area contributed by atoms with Crippen molar-refractivity contribution in [1.29, 1.82) is 0 Å². The molecule has 2 aromatic heterocycles. The van der Waals surface area contributed by atoms with Gasteiger partial charge in [-0.1, -0.05) is 152 Å². The van der Waals surface area contributed by atoms with E-state index in [1.807, 2.05) is 6.07 Å². The lowest BCUT2D eigenvalue weighted by molar-refractivity contribution is 0.665. The third kappa shape index (κ3) is 4.17. The zero-order valence-electron chi connectivity index (χ0n) is 29.1.